The van der Waals surface area contributed by atoms with Crippen LogP contribution >= 0.6 is 0 Å². The van der Waals surface area contributed by atoms with Crippen LogP contribution in [0, 0.1) is 0 Å². The summed E-state index contributed by atoms with van der Waals surface area (Å²) in [6, 6.07) is 0. The average Bonchev–Trinajstić information content (AvgIpc) is 1.14. The summed E-state index contributed by atoms with van der Waals surface area (Å²) in [6.07, 6.45) is 0. The Morgan fingerprint density at radius 3 is 1.56 bits per heavy atom. The van der Waals surface area contributed by atoms with Crippen LogP contribution in [-0.4, -0.2) is 22.1 Å². The maximum atomic E-state index is 11.1. The van der Waals surface area contributed by atoms with Gasteiger partial charge in [0, 0.05) is 0 Å². The molecule has 0 aromatic rings. The average molecular weight is 210 g/mol. The molecule has 0 aliphatic heterocycles. The maximum absolute atomic E-state index is 11.1. The van der Waals surface area contributed by atoms with E-state index in [1.54, 1.807) is 11.4 Å². The second-order valence-corrected chi connectivity index (χ2v) is 14.3. The molecule has 0 unspecified atom stereocenters. The molecule has 9 heavy (non-hydrogen) atoms. The van der Waals surface area contributed by atoms with Gasteiger partial charge < -0.3 is 0 Å². The van der Waals surface area contributed by atoms with Crippen molar-refractivity contribution in [1.29, 1.82) is 0 Å². The molecule has 0 rings (SSSR count). The van der Waals surface area contributed by atoms with Crippen molar-refractivity contribution in [2.75, 3.05) is 0 Å². The summed E-state index contributed by atoms with van der Waals surface area (Å²) in [7, 11) is -1.53. The van der Waals surface area contributed by atoms with Crippen molar-refractivity contribution in [2.45, 2.75) is 31.1 Å². The first-order valence-corrected chi connectivity index (χ1v) is 11.7. The first kappa shape index (κ1) is 9.54. The number of hydrogen-bond donors (Lipinski definition) is 0. The van der Waals surface area contributed by atoms with Crippen molar-refractivity contribution in [3.63, 3.8) is 0 Å². The normalized spacial score (nSPS) is 13.9. The molecule has 0 saturated heterocycles. The molecule has 2 nitrogen and oxygen atoms in total. The zero-order chi connectivity index (χ0) is 7.71. The van der Waals surface area contributed by atoms with Crippen LogP contribution < -0.4 is 0 Å². The van der Waals surface area contributed by atoms with Gasteiger partial charge in [-0.05, 0) is 0 Å². The van der Waals surface area contributed by atoms with E-state index in [0.29, 0.717) is 0 Å². The first-order valence-electron chi connectivity index (χ1n) is 2.96. The van der Waals surface area contributed by atoms with E-state index in [0.717, 1.165) is 0 Å². The third kappa shape index (κ3) is 8.54. The molecule has 0 amide bonds. The van der Waals surface area contributed by atoms with Gasteiger partial charge in [-0.25, -0.2) is 0 Å². The Morgan fingerprint density at radius 1 is 1.22 bits per heavy atom. The number of rotatable bonds is 2. The minimum atomic E-state index is -2.78. The Bertz CT molecular complexity index is 132. The molecule has 0 fully saturated rings. The summed E-state index contributed by atoms with van der Waals surface area (Å²) in [5.41, 5.74) is 3.44. The van der Waals surface area contributed by atoms with Gasteiger partial charge in [-0.2, -0.15) is 0 Å². The van der Waals surface area contributed by atoms with Gasteiger partial charge in [-0.1, -0.05) is 0 Å². The summed E-state index contributed by atoms with van der Waals surface area (Å²) in [5, 5.41) is 0. The van der Waals surface area contributed by atoms with E-state index in [-0.39, 0.29) is 0 Å². The fourth-order valence-corrected chi connectivity index (χ4v) is 10.3. The van der Waals surface area contributed by atoms with Gasteiger partial charge in [0.25, 0.3) is 0 Å². The molecule has 0 radical (unpaired) electrons. The molecule has 0 bridgehead atoms. The van der Waals surface area contributed by atoms with Crippen molar-refractivity contribution in [1.82, 2.24) is 0 Å². The van der Waals surface area contributed by atoms with Gasteiger partial charge >= 0.3 is 60.4 Å². The van der Waals surface area contributed by atoms with Crippen LogP contribution in [0.15, 0.2) is 0 Å². The van der Waals surface area contributed by atoms with Gasteiger partial charge in [0.15, 0.2) is 0 Å². The van der Waals surface area contributed by atoms with E-state index in [9.17, 15) is 3.74 Å². The molecule has 0 aliphatic carbocycles. The monoisotopic (exact) mass is 210 g/mol. The van der Waals surface area contributed by atoms with Crippen LogP contribution in [0.25, 0.3) is 0 Å². The molecule has 0 spiro atoms. The van der Waals surface area contributed by atoms with Crippen LogP contribution in [0.5, 0.6) is 0 Å². The number of hydrogen-bond acceptors (Lipinski definition) is 2. The molecule has 0 aliphatic rings. The molecule has 56 valence electrons. The van der Waals surface area contributed by atoms with Crippen LogP contribution in [0.2, 0.25) is 31.1 Å². The van der Waals surface area contributed by atoms with Crippen LogP contribution in [0.3, 0.4) is 0 Å². The standard InChI is InChI=1S/C5H15AsO2Si/c1-6(2,7)8-9(3,4)5/h1-5H3. The predicted molar refractivity (Wildman–Crippen MR) is 42.6 cm³/mol. The quantitative estimate of drug-likeness (QED) is 0.651. The molecule has 0 aromatic heterocycles. The first-order chi connectivity index (χ1) is 3.71. The summed E-state index contributed by atoms with van der Waals surface area (Å²) in [5.74, 6) is 0. The third-order valence-electron chi connectivity index (χ3n) is 0.494. The van der Waals surface area contributed by atoms with Gasteiger partial charge in [-0.3, -0.25) is 0 Å². The minimum absolute atomic E-state index is 1.53. The molecule has 0 aromatic carbocycles. The topological polar surface area (TPSA) is 26.3 Å². The third-order valence-corrected chi connectivity index (χ3v) is 7.70. The zero-order valence-corrected chi connectivity index (χ0v) is 9.64. The van der Waals surface area contributed by atoms with E-state index in [4.69, 9.17) is 3.42 Å². The van der Waals surface area contributed by atoms with Crippen LogP contribution in [-0.2, 0) is 7.15 Å². The summed E-state index contributed by atoms with van der Waals surface area (Å²) in [4.78, 5) is 0. The second-order valence-electron chi connectivity index (χ2n) is 3.46. The zero-order valence-electron chi connectivity index (χ0n) is 6.76. The molecular formula is C5H15AsO2Si. The SMILES string of the molecule is C[Si](C)(C)O[As](C)(C)=O. The predicted octanol–water partition coefficient (Wildman–Crippen LogP) is 1.97. The Labute approximate surface area is 60.8 Å². The van der Waals surface area contributed by atoms with Crippen LogP contribution in [0.1, 0.15) is 0 Å². The van der Waals surface area contributed by atoms with E-state index < -0.39 is 22.1 Å². The van der Waals surface area contributed by atoms with Crippen molar-refractivity contribution in [3.05, 3.63) is 0 Å². The second kappa shape index (κ2) is 2.65. The fourth-order valence-electron chi connectivity index (χ4n) is 0.660. The van der Waals surface area contributed by atoms with Crippen molar-refractivity contribution in [3.8, 4) is 0 Å². The van der Waals surface area contributed by atoms with E-state index in [1.807, 2.05) is 19.6 Å². The fraction of sp³-hybridized carbons (Fsp3) is 1.00. The Hall–Kier alpha value is 0.535. The summed E-state index contributed by atoms with van der Waals surface area (Å²) < 4.78 is 16.5. The van der Waals surface area contributed by atoms with Gasteiger partial charge in [0.1, 0.15) is 0 Å². The molecule has 0 atom stereocenters. The summed E-state index contributed by atoms with van der Waals surface area (Å²) >= 11 is -2.78. The van der Waals surface area contributed by atoms with Gasteiger partial charge in [-0.15, -0.1) is 0 Å². The molecule has 0 N–H and O–H groups in total. The van der Waals surface area contributed by atoms with Gasteiger partial charge in [0.05, 0.1) is 0 Å². The van der Waals surface area contributed by atoms with E-state index in [2.05, 4.69) is 0 Å². The molecular weight excluding hydrogens is 195 g/mol. The van der Waals surface area contributed by atoms with Crippen molar-refractivity contribution in [2.24, 2.45) is 0 Å². The Balaban J connectivity index is 3.90. The van der Waals surface area contributed by atoms with E-state index in [1.165, 1.54) is 0 Å². The van der Waals surface area contributed by atoms with Gasteiger partial charge in [0.2, 0.25) is 0 Å². The van der Waals surface area contributed by atoms with Crippen molar-refractivity contribution >= 4 is 22.1 Å². The summed E-state index contributed by atoms with van der Waals surface area (Å²) in [6.45, 7) is 6.15. The van der Waals surface area contributed by atoms with Crippen LogP contribution in [0.4, 0.5) is 0 Å². The Morgan fingerprint density at radius 2 is 1.56 bits per heavy atom. The Kier molecular flexibility index (Phi) is 2.80. The molecule has 0 saturated carbocycles. The molecule has 0 heterocycles. The van der Waals surface area contributed by atoms with E-state index >= 15 is 0 Å². The molecule has 4 heteroatoms. The van der Waals surface area contributed by atoms with Crippen molar-refractivity contribution < 1.29 is 7.15 Å².